The van der Waals surface area contributed by atoms with Crippen LogP contribution in [0.2, 0.25) is 0 Å². The van der Waals surface area contributed by atoms with E-state index in [-0.39, 0.29) is 0 Å². The summed E-state index contributed by atoms with van der Waals surface area (Å²) in [4.78, 5) is 0. The van der Waals surface area contributed by atoms with E-state index in [1.54, 1.807) is 18.0 Å². The van der Waals surface area contributed by atoms with Crippen LogP contribution < -0.4 is 10.5 Å². The molecule has 1 aromatic carbocycles. The van der Waals surface area contributed by atoms with E-state index in [1.165, 1.54) is 0 Å². The molecule has 0 aliphatic carbocycles. The number of nitrogens with zero attached hydrogens (tertiary/aromatic N) is 2. The predicted molar refractivity (Wildman–Crippen MR) is 64.3 cm³/mol. The minimum absolute atomic E-state index is 0.663. The van der Waals surface area contributed by atoms with E-state index in [9.17, 15) is 0 Å². The number of aryl methyl sites for hydroxylation is 2. The fraction of sp³-hybridized carbons (Fsp3) is 0.250. The Morgan fingerprint density at radius 1 is 1.31 bits per heavy atom. The summed E-state index contributed by atoms with van der Waals surface area (Å²) in [5.74, 6) is 1.49. The zero-order valence-electron chi connectivity index (χ0n) is 9.69. The third kappa shape index (κ3) is 1.62. The molecule has 16 heavy (non-hydrogen) atoms. The topological polar surface area (TPSA) is 53.1 Å². The van der Waals surface area contributed by atoms with E-state index in [0.29, 0.717) is 5.82 Å². The molecular formula is C12H15N3O. The van der Waals surface area contributed by atoms with Crippen LogP contribution in [0, 0.1) is 6.92 Å². The van der Waals surface area contributed by atoms with Gasteiger partial charge in [-0.05, 0) is 30.2 Å². The van der Waals surface area contributed by atoms with Gasteiger partial charge in [-0.3, -0.25) is 4.68 Å². The minimum Gasteiger partial charge on any atom is -0.497 e. The summed E-state index contributed by atoms with van der Waals surface area (Å²) in [5, 5.41) is 4.14. The van der Waals surface area contributed by atoms with Crippen LogP contribution in [0.15, 0.2) is 24.4 Å². The largest absolute Gasteiger partial charge is 0.497 e. The Hall–Kier alpha value is -1.97. The van der Waals surface area contributed by atoms with Gasteiger partial charge < -0.3 is 10.5 Å². The van der Waals surface area contributed by atoms with Gasteiger partial charge in [0, 0.05) is 12.6 Å². The number of hydrogen-bond donors (Lipinski definition) is 1. The van der Waals surface area contributed by atoms with Gasteiger partial charge >= 0.3 is 0 Å². The molecule has 0 saturated carbocycles. The number of aromatic nitrogens is 2. The van der Waals surface area contributed by atoms with Crippen LogP contribution in [-0.2, 0) is 7.05 Å². The molecule has 0 spiro atoms. The molecule has 0 radical (unpaired) electrons. The maximum Gasteiger partial charge on any atom is 0.129 e. The van der Waals surface area contributed by atoms with E-state index >= 15 is 0 Å². The Labute approximate surface area is 94.6 Å². The highest BCUT2D eigenvalue weighted by atomic mass is 16.5. The van der Waals surface area contributed by atoms with Crippen molar-refractivity contribution in [2.24, 2.45) is 7.05 Å². The highest BCUT2D eigenvalue weighted by Crippen LogP contribution is 2.30. The maximum absolute atomic E-state index is 5.95. The number of anilines is 1. The first-order chi connectivity index (χ1) is 7.63. The second-order valence-corrected chi connectivity index (χ2v) is 3.75. The quantitative estimate of drug-likeness (QED) is 0.836. The SMILES string of the molecule is COc1ccc(C)c(-c2cnn(C)c2N)c1. The lowest BCUT2D eigenvalue weighted by Gasteiger charge is -2.07. The molecule has 0 aliphatic rings. The number of benzene rings is 1. The Bertz CT molecular complexity index is 517. The average molecular weight is 217 g/mol. The minimum atomic E-state index is 0.663. The van der Waals surface area contributed by atoms with Crippen molar-refractivity contribution in [3.8, 4) is 16.9 Å². The standard InChI is InChI=1S/C12H15N3O/c1-8-4-5-9(16-3)6-10(8)11-7-14-15(2)12(11)13/h4-7H,13H2,1-3H3. The van der Waals surface area contributed by atoms with Crippen molar-refractivity contribution in [1.82, 2.24) is 9.78 Å². The number of methoxy groups -OCH3 is 1. The van der Waals surface area contributed by atoms with Gasteiger partial charge in [-0.15, -0.1) is 0 Å². The molecule has 4 nitrogen and oxygen atoms in total. The summed E-state index contributed by atoms with van der Waals surface area (Å²) in [6.45, 7) is 2.04. The van der Waals surface area contributed by atoms with Crippen LogP contribution >= 0.6 is 0 Å². The highest BCUT2D eigenvalue weighted by Gasteiger charge is 2.10. The summed E-state index contributed by atoms with van der Waals surface area (Å²) < 4.78 is 6.87. The summed E-state index contributed by atoms with van der Waals surface area (Å²) in [5.41, 5.74) is 9.11. The normalized spacial score (nSPS) is 10.4. The van der Waals surface area contributed by atoms with Crippen LogP contribution in [0.1, 0.15) is 5.56 Å². The molecule has 0 fully saturated rings. The number of rotatable bonds is 2. The fourth-order valence-electron chi connectivity index (χ4n) is 1.67. The summed E-state index contributed by atoms with van der Waals surface area (Å²) in [6, 6.07) is 5.93. The molecule has 0 atom stereocenters. The molecule has 0 unspecified atom stereocenters. The van der Waals surface area contributed by atoms with E-state index < -0.39 is 0 Å². The molecule has 2 N–H and O–H groups in total. The van der Waals surface area contributed by atoms with Gasteiger partial charge in [-0.1, -0.05) is 6.07 Å². The van der Waals surface area contributed by atoms with Crippen molar-refractivity contribution in [2.75, 3.05) is 12.8 Å². The summed E-state index contributed by atoms with van der Waals surface area (Å²) >= 11 is 0. The number of ether oxygens (including phenoxy) is 1. The van der Waals surface area contributed by atoms with Gasteiger partial charge in [0.1, 0.15) is 11.6 Å². The van der Waals surface area contributed by atoms with Gasteiger partial charge in [0.2, 0.25) is 0 Å². The van der Waals surface area contributed by atoms with Crippen LogP contribution in [-0.4, -0.2) is 16.9 Å². The number of nitrogen functional groups attached to an aromatic ring is 1. The Kier molecular flexibility index (Phi) is 2.56. The van der Waals surface area contributed by atoms with Crippen LogP contribution in [0.25, 0.3) is 11.1 Å². The van der Waals surface area contributed by atoms with Crippen molar-refractivity contribution >= 4 is 5.82 Å². The summed E-state index contributed by atoms with van der Waals surface area (Å²) in [6.07, 6.45) is 1.77. The highest BCUT2D eigenvalue weighted by molar-refractivity contribution is 5.76. The van der Waals surface area contributed by atoms with E-state index in [1.807, 2.05) is 32.2 Å². The predicted octanol–water partition coefficient (Wildman–Crippen LogP) is 1.99. The first-order valence-corrected chi connectivity index (χ1v) is 5.06. The van der Waals surface area contributed by atoms with E-state index in [0.717, 1.165) is 22.4 Å². The number of hydrogen-bond acceptors (Lipinski definition) is 3. The third-order valence-electron chi connectivity index (χ3n) is 2.72. The van der Waals surface area contributed by atoms with E-state index in [2.05, 4.69) is 5.10 Å². The maximum atomic E-state index is 5.95. The third-order valence-corrected chi connectivity index (χ3v) is 2.72. The molecule has 1 aromatic heterocycles. The Morgan fingerprint density at radius 2 is 2.06 bits per heavy atom. The van der Waals surface area contributed by atoms with Gasteiger partial charge in [-0.25, -0.2) is 0 Å². The molecule has 0 amide bonds. The molecule has 1 heterocycles. The first kappa shape index (κ1) is 10.5. The monoisotopic (exact) mass is 217 g/mol. The second-order valence-electron chi connectivity index (χ2n) is 3.75. The second kappa shape index (κ2) is 3.89. The molecule has 4 heteroatoms. The lowest BCUT2D eigenvalue weighted by molar-refractivity contribution is 0.415. The zero-order valence-corrected chi connectivity index (χ0v) is 9.69. The van der Waals surface area contributed by atoms with Crippen molar-refractivity contribution in [3.05, 3.63) is 30.0 Å². The lowest BCUT2D eigenvalue weighted by atomic mass is 10.0. The average Bonchev–Trinajstić information content (AvgIpc) is 2.61. The van der Waals surface area contributed by atoms with Gasteiger partial charge in [0.15, 0.2) is 0 Å². The first-order valence-electron chi connectivity index (χ1n) is 5.06. The smallest absolute Gasteiger partial charge is 0.129 e. The molecule has 0 bridgehead atoms. The van der Waals surface area contributed by atoms with Crippen molar-refractivity contribution in [3.63, 3.8) is 0 Å². The van der Waals surface area contributed by atoms with Crippen molar-refractivity contribution < 1.29 is 4.74 Å². The lowest BCUT2D eigenvalue weighted by Crippen LogP contribution is -1.98. The Morgan fingerprint density at radius 3 is 2.62 bits per heavy atom. The van der Waals surface area contributed by atoms with Gasteiger partial charge in [0.05, 0.1) is 13.3 Å². The molecule has 0 saturated heterocycles. The van der Waals surface area contributed by atoms with E-state index in [4.69, 9.17) is 10.5 Å². The van der Waals surface area contributed by atoms with Gasteiger partial charge in [0.25, 0.3) is 0 Å². The molecular weight excluding hydrogens is 202 g/mol. The zero-order chi connectivity index (χ0) is 11.7. The van der Waals surface area contributed by atoms with Gasteiger partial charge in [-0.2, -0.15) is 5.10 Å². The summed E-state index contributed by atoms with van der Waals surface area (Å²) in [7, 11) is 3.48. The van der Waals surface area contributed by atoms with Crippen LogP contribution in [0.3, 0.4) is 0 Å². The molecule has 84 valence electrons. The molecule has 2 aromatic rings. The molecule has 2 rings (SSSR count). The van der Waals surface area contributed by atoms with Crippen molar-refractivity contribution in [1.29, 1.82) is 0 Å². The van der Waals surface area contributed by atoms with Crippen molar-refractivity contribution in [2.45, 2.75) is 6.92 Å². The fourth-order valence-corrected chi connectivity index (χ4v) is 1.67. The van der Waals surface area contributed by atoms with Crippen LogP contribution in [0.4, 0.5) is 5.82 Å². The number of nitrogens with two attached hydrogens (primary N) is 1. The van der Waals surface area contributed by atoms with Crippen LogP contribution in [0.5, 0.6) is 5.75 Å². The Balaban J connectivity index is 2.59. The molecule has 0 aliphatic heterocycles.